The summed E-state index contributed by atoms with van der Waals surface area (Å²) in [4.78, 5) is 11.2. The minimum atomic E-state index is -0.763. The van der Waals surface area contributed by atoms with Gasteiger partial charge in [-0.25, -0.2) is 0 Å². The normalized spacial score (nSPS) is 13.0. The lowest BCUT2D eigenvalue weighted by molar-refractivity contribution is -0.133. The molecule has 0 spiro atoms. The molecular weight excluding hydrogens is 370 g/mol. The second kappa shape index (κ2) is 16.0. The molecule has 1 atom stereocenters. The first-order chi connectivity index (χ1) is 12.0. The van der Waals surface area contributed by atoms with E-state index in [1.165, 1.54) is 57.8 Å². The van der Waals surface area contributed by atoms with Crippen molar-refractivity contribution in [2.45, 2.75) is 90.9 Å². The number of thiocarbonyl (C=S) groups is 1. The molecule has 3 nitrogen and oxygen atoms in total. The van der Waals surface area contributed by atoms with Crippen LogP contribution in [0.2, 0.25) is 0 Å². The summed E-state index contributed by atoms with van der Waals surface area (Å²) in [7, 11) is 0. The van der Waals surface area contributed by atoms with Crippen molar-refractivity contribution in [3.63, 3.8) is 0 Å². The van der Waals surface area contributed by atoms with E-state index in [1.807, 2.05) is 0 Å². The summed E-state index contributed by atoms with van der Waals surface area (Å²) in [5.74, 6) is 0.524. The van der Waals surface area contributed by atoms with Gasteiger partial charge in [-0.3, -0.25) is 4.79 Å². The summed E-state index contributed by atoms with van der Waals surface area (Å²) in [5, 5.41) is 9.40. The van der Waals surface area contributed by atoms with Gasteiger partial charge in [-0.05, 0) is 25.5 Å². The van der Waals surface area contributed by atoms with Crippen LogP contribution in [0.4, 0.5) is 0 Å². The summed E-state index contributed by atoms with van der Waals surface area (Å²) < 4.78 is 5.02. The zero-order chi connectivity index (χ0) is 19.0. The van der Waals surface area contributed by atoms with Crippen LogP contribution < -0.4 is 0 Å². The number of thioether (sulfide) groups is 1. The maximum absolute atomic E-state index is 11.2. The molecule has 0 aromatic carbocycles. The molecule has 0 N–H and O–H groups in total. The van der Waals surface area contributed by atoms with E-state index in [0.29, 0.717) is 10.6 Å². The zero-order valence-corrected chi connectivity index (χ0v) is 18.2. The minimum absolute atomic E-state index is 0.159. The molecule has 6 heteroatoms. The quantitative estimate of drug-likeness (QED) is 0.143. The summed E-state index contributed by atoms with van der Waals surface area (Å²) in [6.45, 7) is 4.05. The first-order valence-corrected chi connectivity index (χ1v) is 11.2. The van der Waals surface area contributed by atoms with E-state index in [9.17, 15) is 10.1 Å². The van der Waals surface area contributed by atoms with E-state index >= 15 is 0 Å². The van der Waals surface area contributed by atoms with Crippen LogP contribution in [0.1, 0.15) is 90.9 Å². The van der Waals surface area contributed by atoms with Crippen molar-refractivity contribution in [1.82, 2.24) is 0 Å². The minimum Gasteiger partial charge on any atom is -0.395 e. The third-order valence-corrected chi connectivity index (χ3v) is 6.57. The van der Waals surface area contributed by atoms with E-state index in [4.69, 9.17) is 12.2 Å². The molecule has 0 rings (SSSR count). The number of nitrogens with zero attached hydrogens (tertiary/aromatic N) is 1. The standard InChI is InChI=1S/C19H33NO2S3/c1-3-4-5-6-7-8-9-10-11-12-15-25-18(23)19(2,16-20)14-13-17(21)22-24/h24H,3-15H2,1-2H3. The summed E-state index contributed by atoms with van der Waals surface area (Å²) in [6, 6.07) is 2.25. The Morgan fingerprint density at radius 1 is 1.12 bits per heavy atom. The van der Waals surface area contributed by atoms with Gasteiger partial charge in [-0.2, -0.15) is 5.26 Å². The van der Waals surface area contributed by atoms with Gasteiger partial charge in [0.1, 0.15) is 0 Å². The van der Waals surface area contributed by atoms with Crippen molar-refractivity contribution in [2.75, 3.05) is 5.75 Å². The maximum Gasteiger partial charge on any atom is 0.317 e. The van der Waals surface area contributed by atoms with Crippen molar-refractivity contribution in [3.8, 4) is 6.07 Å². The van der Waals surface area contributed by atoms with Crippen LogP contribution in [0.15, 0.2) is 0 Å². The van der Waals surface area contributed by atoms with Gasteiger partial charge < -0.3 is 4.18 Å². The topological polar surface area (TPSA) is 50.1 Å². The number of thiol groups is 1. The average molecular weight is 404 g/mol. The fourth-order valence-electron chi connectivity index (χ4n) is 2.51. The largest absolute Gasteiger partial charge is 0.395 e. The molecule has 0 aromatic heterocycles. The molecule has 0 fully saturated rings. The molecule has 0 saturated heterocycles. The van der Waals surface area contributed by atoms with Crippen molar-refractivity contribution in [3.05, 3.63) is 0 Å². The smallest absolute Gasteiger partial charge is 0.317 e. The number of hydrogen-bond donors (Lipinski definition) is 1. The number of rotatable bonds is 15. The molecule has 0 heterocycles. The fraction of sp³-hybridized carbons (Fsp3) is 0.842. The van der Waals surface area contributed by atoms with Crippen LogP contribution in [0.3, 0.4) is 0 Å². The van der Waals surface area contributed by atoms with Gasteiger partial charge in [0.15, 0.2) is 0 Å². The molecule has 0 aliphatic heterocycles. The molecule has 1 unspecified atom stereocenters. The second-order valence-corrected chi connectivity index (χ2v) is 8.68. The summed E-state index contributed by atoms with van der Waals surface area (Å²) in [5.41, 5.74) is -0.763. The van der Waals surface area contributed by atoms with Gasteiger partial charge in [0, 0.05) is 19.3 Å². The molecule has 0 aromatic rings. The van der Waals surface area contributed by atoms with E-state index in [0.717, 1.165) is 12.2 Å². The number of nitriles is 1. The third-order valence-electron chi connectivity index (χ3n) is 4.36. The highest BCUT2D eigenvalue weighted by atomic mass is 32.2. The lowest BCUT2D eigenvalue weighted by Crippen LogP contribution is -2.23. The Morgan fingerprint density at radius 3 is 2.12 bits per heavy atom. The van der Waals surface area contributed by atoms with E-state index in [-0.39, 0.29) is 6.42 Å². The van der Waals surface area contributed by atoms with Crippen molar-refractivity contribution >= 4 is 47.1 Å². The van der Waals surface area contributed by atoms with Crippen LogP contribution in [0.25, 0.3) is 0 Å². The Morgan fingerprint density at radius 2 is 1.64 bits per heavy atom. The van der Waals surface area contributed by atoms with Gasteiger partial charge in [0.05, 0.1) is 15.7 Å². The van der Waals surface area contributed by atoms with Crippen LogP contribution in [-0.2, 0) is 8.98 Å². The van der Waals surface area contributed by atoms with Crippen LogP contribution in [0, 0.1) is 16.7 Å². The van der Waals surface area contributed by atoms with Crippen molar-refractivity contribution in [2.24, 2.45) is 5.41 Å². The Balaban J connectivity index is 3.73. The van der Waals surface area contributed by atoms with Crippen molar-refractivity contribution in [1.29, 1.82) is 5.26 Å². The average Bonchev–Trinajstić information content (AvgIpc) is 2.63. The molecule has 0 radical (unpaired) electrons. The highest BCUT2D eigenvalue weighted by Crippen LogP contribution is 2.31. The zero-order valence-electron chi connectivity index (χ0n) is 15.7. The Labute approximate surface area is 169 Å². The monoisotopic (exact) mass is 403 g/mol. The van der Waals surface area contributed by atoms with E-state index in [2.05, 4.69) is 30.1 Å². The molecular formula is C19H33NO2S3. The van der Waals surface area contributed by atoms with Gasteiger partial charge in [0.25, 0.3) is 0 Å². The van der Waals surface area contributed by atoms with E-state index in [1.54, 1.807) is 18.7 Å². The SMILES string of the molecule is CCCCCCCCCCCCSC(=S)C(C)(C#N)CCC(=O)OS. The van der Waals surface area contributed by atoms with Crippen LogP contribution >= 0.6 is 36.9 Å². The number of unbranched alkanes of at least 4 members (excludes halogenated alkanes) is 9. The maximum atomic E-state index is 11.2. The van der Waals surface area contributed by atoms with Gasteiger partial charge in [0.2, 0.25) is 0 Å². The first kappa shape index (κ1) is 24.8. The van der Waals surface area contributed by atoms with Crippen LogP contribution in [-0.4, -0.2) is 15.9 Å². The lowest BCUT2D eigenvalue weighted by Gasteiger charge is -2.21. The van der Waals surface area contributed by atoms with Gasteiger partial charge in [-0.1, -0.05) is 76.9 Å². The third kappa shape index (κ3) is 12.7. The first-order valence-electron chi connectivity index (χ1n) is 9.43. The van der Waals surface area contributed by atoms with Crippen LogP contribution in [0.5, 0.6) is 0 Å². The number of hydrogen-bond acceptors (Lipinski definition) is 6. The highest BCUT2D eigenvalue weighted by molar-refractivity contribution is 8.23. The number of carbonyl (C=O) groups excluding carboxylic acids is 1. The lowest BCUT2D eigenvalue weighted by atomic mass is 9.89. The number of carbonyl (C=O) groups is 1. The van der Waals surface area contributed by atoms with Crippen molar-refractivity contribution < 1.29 is 8.98 Å². The second-order valence-electron chi connectivity index (χ2n) is 6.73. The predicted molar refractivity (Wildman–Crippen MR) is 115 cm³/mol. The molecule has 0 amide bonds. The molecule has 0 aliphatic carbocycles. The molecule has 144 valence electrons. The molecule has 25 heavy (non-hydrogen) atoms. The Bertz CT molecular complexity index is 423. The molecule has 0 saturated carbocycles. The van der Waals surface area contributed by atoms with Gasteiger partial charge >= 0.3 is 5.97 Å². The fourth-order valence-corrected chi connectivity index (χ4v) is 4.00. The van der Waals surface area contributed by atoms with E-state index < -0.39 is 11.4 Å². The summed E-state index contributed by atoms with van der Waals surface area (Å²) in [6.07, 6.45) is 13.7. The Hall–Kier alpha value is -0.250. The highest BCUT2D eigenvalue weighted by Gasteiger charge is 2.30. The Kier molecular flexibility index (Phi) is 15.8. The summed E-state index contributed by atoms with van der Waals surface area (Å²) >= 11 is 10.5. The molecule has 0 aliphatic rings. The van der Waals surface area contributed by atoms with Gasteiger partial charge in [-0.15, -0.1) is 11.8 Å². The molecule has 0 bridgehead atoms. The predicted octanol–water partition coefficient (Wildman–Crippen LogP) is 6.67.